The van der Waals surface area contributed by atoms with E-state index in [1.165, 1.54) is 0 Å². The Kier molecular flexibility index (Phi) is 8.90. The van der Waals surface area contributed by atoms with Gasteiger partial charge >= 0.3 is 0 Å². The first-order chi connectivity index (χ1) is 5.35. The van der Waals surface area contributed by atoms with Crippen molar-refractivity contribution in [2.75, 3.05) is 0 Å². The molecule has 0 aliphatic rings. The van der Waals surface area contributed by atoms with Crippen molar-refractivity contribution in [1.29, 1.82) is 0 Å². The third-order valence-electron chi connectivity index (χ3n) is 1.31. The lowest BCUT2D eigenvalue weighted by Crippen LogP contribution is -2.13. The summed E-state index contributed by atoms with van der Waals surface area (Å²) in [4.78, 5) is 0. The Labute approximate surface area is 82.3 Å². The molecule has 0 N–H and O–H groups in total. The van der Waals surface area contributed by atoms with E-state index in [2.05, 4.69) is 0 Å². The molecule has 0 aromatic carbocycles. The fourth-order valence-corrected chi connectivity index (χ4v) is 3.86. The second-order valence-corrected chi connectivity index (χ2v) is 6.63. The Balaban J connectivity index is 3.57. The maximum absolute atomic E-state index is 5.41. The van der Waals surface area contributed by atoms with Gasteiger partial charge in [-0.05, 0) is 12.1 Å². The molecular formula is C6H12Cl2OSi2. The quantitative estimate of drug-likeness (QED) is 0.647. The average Bonchev–Trinajstić information content (AvgIpc) is 2.05. The molecule has 0 aromatic heterocycles. The summed E-state index contributed by atoms with van der Waals surface area (Å²) in [5.74, 6) is 0. The zero-order chi connectivity index (χ0) is 8.53. The maximum atomic E-state index is 5.41. The minimum Gasteiger partial charge on any atom is -0.465 e. The largest absolute Gasteiger partial charge is 0.465 e. The molecule has 0 saturated carbocycles. The highest BCUT2D eigenvalue weighted by Gasteiger charge is 2.03. The summed E-state index contributed by atoms with van der Waals surface area (Å²) < 4.78 is 5.41. The van der Waals surface area contributed by atoms with Gasteiger partial charge in [-0.15, -0.1) is 0 Å². The van der Waals surface area contributed by atoms with E-state index in [1.807, 2.05) is 12.2 Å². The van der Waals surface area contributed by atoms with Gasteiger partial charge in [-0.2, -0.15) is 0 Å². The molecular weight excluding hydrogens is 215 g/mol. The molecule has 0 atom stereocenters. The van der Waals surface area contributed by atoms with Crippen LogP contribution in [-0.2, 0) is 4.12 Å². The van der Waals surface area contributed by atoms with Crippen LogP contribution in [0.1, 0.15) is 0 Å². The van der Waals surface area contributed by atoms with Crippen LogP contribution in [0.15, 0.2) is 23.2 Å². The summed E-state index contributed by atoms with van der Waals surface area (Å²) in [7, 11) is -0.215. The summed E-state index contributed by atoms with van der Waals surface area (Å²) in [6.45, 7) is 0. The topological polar surface area (TPSA) is 9.23 Å². The predicted octanol–water partition coefficient (Wildman–Crippen LogP) is 1.51. The van der Waals surface area contributed by atoms with Gasteiger partial charge in [0.1, 0.15) is 10.5 Å². The van der Waals surface area contributed by atoms with Crippen LogP contribution in [0.2, 0.25) is 12.1 Å². The Morgan fingerprint density at radius 2 is 1.64 bits per heavy atom. The second-order valence-electron chi connectivity index (χ2n) is 2.05. The van der Waals surface area contributed by atoms with Crippen molar-refractivity contribution >= 4 is 42.7 Å². The minimum atomic E-state index is -1.03. The lowest BCUT2D eigenvalue weighted by molar-refractivity contribution is 0.636. The molecule has 0 aromatic rings. The molecule has 64 valence electrons. The second kappa shape index (κ2) is 8.55. The summed E-state index contributed by atoms with van der Waals surface area (Å²) in [6.07, 6.45) is 3.89. The lowest BCUT2D eigenvalue weighted by Gasteiger charge is -2.07. The Morgan fingerprint density at radius 1 is 1.18 bits per heavy atom. The Hall–Kier alpha value is 0.454. The van der Waals surface area contributed by atoms with E-state index in [0.29, 0.717) is 0 Å². The van der Waals surface area contributed by atoms with Gasteiger partial charge in [0.05, 0.1) is 0 Å². The number of hydrogen-bond acceptors (Lipinski definition) is 1. The molecule has 1 nitrogen and oxygen atoms in total. The van der Waals surface area contributed by atoms with Crippen LogP contribution in [0.5, 0.6) is 0 Å². The maximum Gasteiger partial charge on any atom is 0.169 e. The molecule has 0 aliphatic heterocycles. The zero-order valence-corrected chi connectivity index (χ0v) is 11.1. The van der Waals surface area contributed by atoms with Crippen molar-refractivity contribution in [3.8, 4) is 0 Å². The molecule has 0 saturated heterocycles. The van der Waals surface area contributed by atoms with E-state index >= 15 is 0 Å². The lowest BCUT2D eigenvalue weighted by atomic mass is 10.7. The van der Waals surface area contributed by atoms with Crippen LogP contribution in [-0.4, -0.2) is 19.5 Å². The molecule has 0 unspecified atom stereocenters. The zero-order valence-electron chi connectivity index (χ0n) is 6.47. The van der Waals surface area contributed by atoms with Gasteiger partial charge in [0.15, 0.2) is 9.04 Å². The van der Waals surface area contributed by atoms with Crippen LogP contribution in [0.25, 0.3) is 0 Å². The van der Waals surface area contributed by atoms with Crippen LogP contribution < -0.4 is 0 Å². The highest BCUT2D eigenvalue weighted by atomic mass is 35.5. The predicted molar refractivity (Wildman–Crippen MR) is 57.8 cm³/mol. The molecule has 5 heteroatoms. The third kappa shape index (κ3) is 6.84. The van der Waals surface area contributed by atoms with E-state index < -0.39 is 9.04 Å². The molecule has 0 fully saturated rings. The number of hydrogen-bond donors (Lipinski definition) is 0. The Bertz CT molecular complexity index is 125. The summed E-state index contributed by atoms with van der Waals surface area (Å²) in [5.41, 5.74) is 3.09. The summed E-state index contributed by atoms with van der Waals surface area (Å²) in [6, 6.07) is 1.99. The van der Waals surface area contributed by atoms with E-state index in [9.17, 15) is 0 Å². The smallest absolute Gasteiger partial charge is 0.169 e. The van der Waals surface area contributed by atoms with Crippen LogP contribution in [0.3, 0.4) is 0 Å². The minimum absolute atomic E-state index is 0.814. The first-order valence-corrected chi connectivity index (χ1v) is 7.17. The van der Waals surface area contributed by atoms with Gasteiger partial charge in [0.2, 0.25) is 0 Å². The normalized spacial score (nSPS) is 15.1. The van der Waals surface area contributed by atoms with Gasteiger partial charge in [-0.1, -0.05) is 35.4 Å². The molecule has 0 bridgehead atoms. The van der Waals surface area contributed by atoms with Gasteiger partial charge in [0, 0.05) is 11.1 Å². The van der Waals surface area contributed by atoms with Gasteiger partial charge < -0.3 is 4.12 Å². The monoisotopic (exact) mass is 226 g/mol. The van der Waals surface area contributed by atoms with Gasteiger partial charge in [0.25, 0.3) is 0 Å². The van der Waals surface area contributed by atoms with Gasteiger partial charge in [-0.3, -0.25) is 0 Å². The molecule has 0 rings (SSSR count). The van der Waals surface area contributed by atoms with Crippen LogP contribution in [0.4, 0.5) is 0 Å². The van der Waals surface area contributed by atoms with Crippen molar-refractivity contribution in [3.63, 3.8) is 0 Å². The fourth-order valence-electron chi connectivity index (χ4n) is 0.695. The van der Waals surface area contributed by atoms with Crippen molar-refractivity contribution in [3.05, 3.63) is 23.2 Å². The summed E-state index contributed by atoms with van der Waals surface area (Å²) >= 11 is 10.8. The Morgan fingerprint density at radius 3 is 1.91 bits per heavy atom. The first kappa shape index (κ1) is 11.5. The van der Waals surface area contributed by atoms with Crippen molar-refractivity contribution in [1.82, 2.24) is 0 Å². The van der Waals surface area contributed by atoms with Gasteiger partial charge in [-0.25, -0.2) is 0 Å². The third-order valence-corrected chi connectivity index (χ3v) is 5.93. The molecule has 0 heterocycles. The molecule has 11 heavy (non-hydrogen) atoms. The van der Waals surface area contributed by atoms with Crippen LogP contribution >= 0.6 is 23.2 Å². The SMILES string of the molecule is [SiH3]O[SiH](CC=CCl)CC=CCl. The number of allylic oxidation sites excluding steroid dienone is 2. The average molecular weight is 227 g/mol. The first-order valence-electron chi connectivity index (χ1n) is 3.38. The van der Waals surface area contributed by atoms with E-state index in [1.54, 1.807) is 11.1 Å². The van der Waals surface area contributed by atoms with Crippen LogP contribution in [0, 0.1) is 0 Å². The highest BCUT2D eigenvalue weighted by Crippen LogP contribution is 2.03. The highest BCUT2D eigenvalue weighted by molar-refractivity contribution is 6.56. The van der Waals surface area contributed by atoms with E-state index in [0.717, 1.165) is 22.6 Å². The van der Waals surface area contributed by atoms with Crippen molar-refractivity contribution in [2.24, 2.45) is 0 Å². The van der Waals surface area contributed by atoms with E-state index in [4.69, 9.17) is 27.3 Å². The molecule has 0 aliphatic carbocycles. The molecule has 0 spiro atoms. The van der Waals surface area contributed by atoms with Crippen molar-refractivity contribution < 1.29 is 4.12 Å². The fraction of sp³-hybridized carbons (Fsp3) is 0.333. The standard InChI is InChI=1S/C6H12Cl2OSi2/c7-3-1-5-11(9-10)6-2-4-8/h1-4,11H,5-6H2,10H3. The molecule has 0 amide bonds. The molecule has 0 radical (unpaired) electrons. The number of rotatable bonds is 5. The van der Waals surface area contributed by atoms with E-state index in [-0.39, 0.29) is 0 Å². The van der Waals surface area contributed by atoms with Crippen molar-refractivity contribution in [2.45, 2.75) is 12.1 Å². The summed E-state index contributed by atoms with van der Waals surface area (Å²) in [5, 5.41) is 0. The number of halogens is 2.